The van der Waals surface area contributed by atoms with Crippen LogP contribution in [0.2, 0.25) is 0 Å². The van der Waals surface area contributed by atoms with Crippen LogP contribution in [0.5, 0.6) is 0 Å². The minimum absolute atomic E-state index is 0.0925. The lowest BCUT2D eigenvalue weighted by Crippen LogP contribution is -2.44. The summed E-state index contributed by atoms with van der Waals surface area (Å²) in [6, 6.07) is 7.03. The molecule has 0 heterocycles. The summed E-state index contributed by atoms with van der Waals surface area (Å²) in [7, 11) is -3.24. The van der Waals surface area contributed by atoms with E-state index in [9.17, 15) is 8.42 Å². The summed E-state index contributed by atoms with van der Waals surface area (Å²) in [5.74, 6) is 0.570. The van der Waals surface area contributed by atoms with Crippen LogP contribution in [0.25, 0.3) is 0 Å². The molecule has 1 unspecified atom stereocenters. The number of rotatable bonds is 7. The molecule has 4 nitrogen and oxygen atoms in total. The molecule has 0 aromatic heterocycles. The Balaban J connectivity index is 3.15. The van der Waals surface area contributed by atoms with Crippen molar-refractivity contribution in [2.45, 2.75) is 44.6 Å². The van der Waals surface area contributed by atoms with Crippen molar-refractivity contribution in [1.29, 1.82) is 0 Å². The topological polar surface area (TPSA) is 72.2 Å². The highest BCUT2D eigenvalue weighted by Gasteiger charge is 2.26. The van der Waals surface area contributed by atoms with E-state index in [1.807, 2.05) is 13.0 Å². The van der Waals surface area contributed by atoms with Gasteiger partial charge in [0.15, 0.2) is 9.84 Å². The van der Waals surface area contributed by atoms with Crippen molar-refractivity contribution in [3.63, 3.8) is 0 Å². The highest BCUT2D eigenvalue weighted by molar-refractivity contribution is 7.91. The Bertz CT molecular complexity index is 541. The zero-order valence-electron chi connectivity index (χ0n) is 12.8. The van der Waals surface area contributed by atoms with E-state index >= 15 is 0 Å². The van der Waals surface area contributed by atoms with Gasteiger partial charge in [0.05, 0.1) is 16.3 Å². The Morgan fingerprint density at radius 2 is 1.90 bits per heavy atom. The predicted molar refractivity (Wildman–Crippen MR) is 84.7 cm³/mol. The molecule has 5 heteroatoms. The summed E-state index contributed by atoms with van der Waals surface area (Å²) in [6.07, 6.45) is 0.879. The molecule has 1 atom stereocenters. The minimum atomic E-state index is -3.24. The van der Waals surface area contributed by atoms with Crippen molar-refractivity contribution >= 4 is 15.5 Å². The number of nitrogens with two attached hydrogens (primary N) is 1. The Kier molecular flexibility index (Phi) is 5.59. The summed E-state index contributed by atoms with van der Waals surface area (Å²) in [6.45, 7) is 8.39. The van der Waals surface area contributed by atoms with E-state index < -0.39 is 9.84 Å². The molecule has 1 rings (SSSR count). The number of nitrogens with one attached hydrogen (secondary N) is 1. The fourth-order valence-corrected chi connectivity index (χ4v) is 3.46. The van der Waals surface area contributed by atoms with Gasteiger partial charge in [0.2, 0.25) is 0 Å². The lowest BCUT2D eigenvalue weighted by Gasteiger charge is -2.33. The van der Waals surface area contributed by atoms with E-state index in [0.717, 1.165) is 6.42 Å². The van der Waals surface area contributed by atoms with Gasteiger partial charge in [0.1, 0.15) is 0 Å². The molecular weight excluding hydrogens is 272 g/mol. The average Bonchev–Trinajstić information content (AvgIpc) is 2.38. The van der Waals surface area contributed by atoms with E-state index in [1.165, 1.54) is 0 Å². The molecule has 20 heavy (non-hydrogen) atoms. The smallest absolute Gasteiger partial charge is 0.180 e. The number of hydrogen-bond acceptors (Lipinski definition) is 4. The largest absolute Gasteiger partial charge is 0.378 e. The highest BCUT2D eigenvalue weighted by Crippen LogP contribution is 2.27. The number of anilines is 1. The van der Waals surface area contributed by atoms with E-state index in [2.05, 4.69) is 19.2 Å². The van der Waals surface area contributed by atoms with E-state index in [0.29, 0.717) is 23.0 Å². The summed E-state index contributed by atoms with van der Waals surface area (Å²) in [5.41, 5.74) is 6.21. The van der Waals surface area contributed by atoms with Crippen molar-refractivity contribution < 1.29 is 8.42 Å². The predicted octanol–water partition coefficient (Wildman–Crippen LogP) is 2.66. The van der Waals surface area contributed by atoms with Gasteiger partial charge in [-0.2, -0.15) is 0 Å². The maximum Gasteiger partial charge on any atom is 0.180 e. The fraction of sp³-hybridized carbons (Fsp3) is 0.600. The Hall–Kier alpha value is -1.07. The molecule has 0 amide bonds. The summed E-state index contributed by atoms with van der Waals surface area (Å²) in [5, 5.41) is 3.34. The van der Waals surface area contributed by atoms with Crippen molar-refractivity contribution in [3.05, 3.63) is 24.3 Å². The van der Waals surface area contributed by atoms with E-state index in [-0.39, 0.29) is 11.3 Å². The first-order valence-electron chi connectivity index (χ1n) is 7.04. The molecule has 0 saturated heterocycles. The van der Waals surface area contributed by atoms with Crippen LogP contribution in [0.1, 0.15) is 34.1 Å². The van der Waals surface area contributed by atoms with Crippen LogP contribution in [-0.2, 0) is 9.84 Å². The molecule has 0 aliphatic heterocycles. The third-order valence-corrected chi connectivity index (χ3v) is 5.13. The number of benzene rings is 1. The molecular formula is C15H26N2O2S. The van der Waals surface area contributed by atoms with Crippen molar-refractivity contribution in [1.82, 2.24) is 0 Å². The Morgan fingerprint density at radius 1 is 1.30 bits per heavy atom. The van der Waals surface area contributed by atoms with Crippen molar-refractivity contribution in [2.24, 2.45) is 11.7 Å². The second-order valence-corrected chi connectivity index (χ2v) is 8.13. The van der Waals surface area contributed by atoms with Gasteiger partial charge in [-0.3, -0.25) is 0 Å². The normalized spacial score (nSPS) is 15.1. The molecule has 0 aliphatic rings. The number of sulfone groups is 1. The third-order valence-electron chi connectivity index (χ3n) is 3.35. The first kappa shape index (κ1) is 17.0. The van der Waals surface area contributed by atoms with Crippen LogP contribution < -0.4 is 11.1 Å². The summed E-state index contributed by atoms with van der Waals surface area (Å²) in [4.78, 5) is 0.353. The van der Waals surface area contributed by atoms with Gasteiger partial charge in [-0.25, -0.2) is 8.42 Å². The molecule has 0 saturated carbocycles. The van der Waals surface area contributed by atoms with Gasteiger partial charge >= 0.3 is 0 Å². The average molecular weight is 298 g/mol. The SMILES string of the molecule is CCS(=O)(=O)c1ccccc1NC(C)(CN)CC(C)C. The zero-order valence-corrected chi connectivity index (χ0v) is 13.6. The summed E-state index contributed by atoms with van der Waals surface area (Å²) < 4.78 is 24.3. The maximum absolute atomic E-state index is 12.1. The standard InChI is InChI=1S/C15H26N2O2S/c1-5-20(18,19)14-9-7-6-8-13(14)17-15(4,11-16)10-12(2)3/h6-9,12,17H,5,10-11,16H2,1-4H3. The molecule has 0 radical (unpaired) electrons. The molecule has 0 fully saturated rings. The molecule has 0 aliphatic carbocycles. The van der Waals surface area contributed by atoms with Crippen LogP contribution in [0.15, 0.2) is 29.2 Å². The Labute approximate surface area is 122 Å². The van der Waals surface area contributed by atoms with Crippen LogP contribution in [0, 0.1) is 5.92 Å². The van der Waals surface area contributed by atoms with Gasteiger partial charge in [0, 0.05) is 12.1 Å². The van der Waals surface area contributed by atoms with Crippen LogP contribution in [0.4, 0.5) is 5.69 Å². The number of para-hydroxylation sites is 1. The van der Waals surface area contributed by atoms with Gasteiger partial charge < -0.3 is 11.1 Å². The minimum Gasteiger partial charge on any atom is -0.378 e. The molecule has 3 N–H and O–H groups in total. The molecule has 0 spiro atoms. The fourth-order valence-electron chi connectivity index (χ4n) is 2.41. The lowest BCUT2D eigenvalue weighted by atomic mass is 9.90. The van der Waals surface area contributed by atoms with Crippen LogP contribution in [-0.4, -0.2) is 26.3 Å². The molecule has 1 aromatic rings. The van der Waals surface area contributed by atoms with Gasteiger partial charge in [-0.05, 0) is 31.4 Å². The van der Waals surface area contributed by atoms with Gasteiger partial charge in [-0.15, -0.1) is 0 Å². The number of hydrogen-bond donors (Lipinski definition) is 2. The van der Waals surface area contributed by atoms with E-state index in [4.69, 9.17) is 5.73 Å². The monoisotopic (exact) mass is 298 g/mol. The van der Waals surface area contributed by atoms with E-state index in [1.54, 1.807) is 25.1 Å². The van der Waals surface area contributed by atoms with Crippen molar-refractivity contribution in [2.75, 3.05) is 17.6 Å². The lowest BCUT2D eigenvalue weighted by molar-refractivity contribution is 0.406. The first-order chi connectivity index (χ1) is 9.24. The maximum atomic E-state index is 12.1. The second-order valence-electron chi connectivity index (χ2n) is 5.89. The highest BCUT2D eigenvalue weighted by atomic mass is 32.2. The molecule has 114 valence electrons. The third kappa shape index (κ3) is 4.21. The van der Waals surface area contributed by atoms with Gasteiger partial charge in [-0.1, -0.05) is 32.9 Å². The van der Waals surface area contributed by atoms with Crippen molar-refractivity contribution in [3.8, 4) is 0 Å². The summed E-state index contributed by atoms with van der Waals surface area (Å²) >= 11 is 0. The zero-order chi connectivity index (χ0) is 15.4. The second kappa shape index (κ2) is 6.59. The van der Waals surface area contributed by atoms with Crippen LogP contribution >= 0.6 is 0 Å². The van der Waals surface area contributed by atoms with Crippen LogP contribution in [0.3, 0.4) is 0 Å². The molecule has 0 bridgehead atoms. The Morgan fingerprint density at radius 3 is 2.40 bits per heavy atom. The van der Waals surface area contributed by atoms with Gasteiger partial charge in [0.25, 0.3) is 0 Å². The molecule has 1 aromatic carbocycles. The first-order valence-corrected chi connectivity index (χ1v) is 8.69. The quantitative estimate of drug-likeness (QED) is 0.811.